The predicted octanol–water partition coefficient (Wildman–Crippen LogP) is 3.82. The van der Waals surface area contributed by atoms with Crippen molar-refractivity contribution in [3.63, 3.8) is 0 Å². The normalized spacial score (nSPS) is 10.4. The Morgan fingerprint density at radius 1 is 1.47 bits per heavy atom. The molecule has 1 aromatic carbocycles. The van der Waals surface area contributed by atoms with E-state index in [2.05, 4.69) is 46.9 Å². The quantitative estimate of drug-likeness (QED) is 0.806. The van der Waals surface area contributed by atoms with E-state index in [4.69, 9.17) is 4.74 Å². The molecule has 0 aliphatic rings. The lowest BCUT2D eigenvalue weighted by Crippen LogP contribution is -2.09. The van der Waals surface area contributed by atoms with E-state index in [9.17, 15) is 0 Å². The van der Waals surface area contributed by atoms with Crippen molar-refractivity contribution in [3.8, 4) is 5.75 Å². The van der Waals surface area contributed by atoms with E-state index in [0.717, 1.165) is 34.3 Å². The van der Waals surface area contributed by atoms with Gasteiger partial charge in [0.2, 0.25) is 0 Å². The number of hydrogen-bond donors (Lipinski definition) is 1. The molecule has 0 unspecified atom stereocenters. The monoisotopic (exact) mass is 297 g/mol. The van der Waals surface area contributed by atoms with Crippen molar-refractivity contribution >= 4 is 15.9 Å². The fourth-order valence-corrected chi connectivity index (χ4v) is 2.27. The number of nitrogens with one attached hydrogen (secondary N) is 1. The summed E-state index contributed by atoms with van der Waals surface area (Å²) in [4.78, 5) is 0. The maximum Gasteiger partial charge on any atom is 0.126 e. The first-order valence-corrected chi connectivity index (χ1v) is 6.54. The number of rotatable bonds is 6. The van der Waals surface area contributed by atoms with Gasteiger partial charge in [0.05, 0.1) is 6.61 Å². The third kappa shape index (κ3) is 4.52. The van der Waals surface area contributed by atoms with Gasteiger partial charge in [-0.3, -0.25) is 0 Å². The van der Waals surface area contributed by atoms with Crippen LogP contribution in [-0.2, 0) is 6.54 Å². The minimum absolute atomic E-state index is 0.689. The van der Waals surface area contributed by atoms with Gasteiger partial charge in [-0.1, -0.05) is 21.5 Å². The molecule has 0 spiro atoms. The Hall–Kier alpha value is -0.800. The van der Waals surface area contributed by atoms with Crippen LogP contribution in [0.25, 0.3) is 0 Å². The maximum absolute atomic E-state index is 5.86. The van der Waals surface area contributed by atoms with E-state index < -0.39 is 0 Å². The van der Waals surface area contributed by atoms with Gasteiger partial charge in [0.1, 0.15) is 5.75 Å². The minimum atomic E-state index is 0.689. The SMILES string of the molecule is C=C(C)CCOc1c(C)cc(Br)cc1CNC. The summed E-state index contributed by atoms with van der Waals surface area (Å²) in [6.45, 7) is 9.47. The van der Waals surface area contributed by atoms with Crippen molar-refractivity contribution in [3.05, 3.63) is 39.9 Å². The number of benzene rings is 1. The molecule has 17 heavy (non-hydrogen) atoms. The van der Waals surface area contributed by atoms with Crippen LogP contribution in [0.3, 0.4) is 0 Å². The summed E-state index contributed by atoms with van der Waals surface area (Å²) in [5, 5.41) is 3.16. The molecule has 0 fully saturated rings. The van der Waals surface area contributed by atoms with Crippen LogP contribution >= 0.6 is 15.9 Å². The van der Waals surface area contributed by atoms with E-state index in [1.165, 1.54) is 5.56 Å². The van der Waals surface area contributed by atoms with Crippen LogP contribution in [0.4, 0.5) is 0 Å². The number of aryl methyl sites for hydroxylation is 1. The molecule has 0 saturated carbocycles. The zero-order valence-electron chi connectivity index (χ0n) is 10.8. The van der Waals surface area contributed by atoms with E-state index in [1.807, 2.05) is 14.0 Å². The van der Waals surface area contributed by atoms with E-state index in [1.54, 1.807) is 0 Å². The molecule has 94 valence electrons. The molecule has 0 radical (unpaired) electrons. The van der Waals surface area contributed by atoms with Crippen molar-refractivity contribution in [1.82, 2.24) is 5.32 Å². The second kappa shape index (κ2) is 6.82. The van der Waals surface area contributed by atoms with E-state index in [-0.39, 0.29) is 0 Å². The molecule has 0 heterocycles. The standard InChI is InChI=1S/C14H20BrNO/c1-10(2)5-6-17-14-11(3)7-13(15)8-12(14)9-16-4/h7-8,16H,1,5-6,9H2,2-4H3. The first kappa shape index (κ1) is 14.3. The van der Waals surface area contributed by atoms with Gasteiger partial charge in [0, 0.05) is 23.0 Å². The summed E-state index contributed by atoms with van der Waals surface area (Å²) < 4.78 is 6.95. The van der Waals surface area contributed by atoms with Crippen molar-refractivity contribution < 1.29 is 4.74 Å². The van der Waals surface area contributed by atoms with Gasteiger partial charge in [0.25, 0.3) is 0 Å². The highest BCUT2D eigenvalue weighted by Gasteiger charge is 2.08. The van der Waals surface area contributed by atoms with E-state index in [0.29, 0.717) is 6.61 Å². The Morgan fingerprint density at radius 2 is 2.18 bits per heavy atom. The smallest absolute Gasteiger partial charge is 0.126 e. The van der Waals surface area contributed by atoms with Crippen LogP contribution in [-0.4, -0.2) is 13.7 Å². The number of halogens is 1. The summed E-state index contributed by atoms with van der Waals surface area (Å²) in [5.41, 5.74) is 3.49. The lowest BCUT2D eigenvalue weighted by atomic mass is 10.1. The molecule has 3 heteroatoms. The number of ether oxygens (including phenoxy) is 1. The molecule has 1 N–H and O–H groups in total. The zero-order chi connectivity index (χ0) is 12.8. The average Bonchev–Trinajstić information content (AvgIpc) is 2.21. The molecule has 1 rings (SSSR count). The first-order chi connectivity index (χ1) is 8.04. The molecule has 0 amide bonds. The highest BCUT2D eigenvalue weighted by molar-refractivity contribution is 9.10. The van der Waals surface area contributed by atoms with Crippen LogP contribution in [0.1, 0.15) is 24.5 Å². The highest BCUT2D eigenvalue weighted by atomic mass is 79.9. The second-order valence-electron chi connectivity index (χ2n) is 4.30. The topological polar surface area (TPSA) is 21.3 Å². The molecule has 0 aromatic heterocycles. The lowest BCUT2D eigenvalue weighted by Gasteiger charge is -2.15. The molecular weight excluding hydrogens is 278 g/mol. The summed E-state index contributed by atoms with van der Waals surface area (Å²) in [6, 6.07) is 4.18. The molecule has 0 saturated heterocycles. The van der Waals surface area contributed by atoms with Crippen LogP contribution in [0, 0.1) is 6.92 Å². The summed E-state index contributed by atoms with van der Waals surface area (Å²) >= 11 is 3.51. The van der Waals surface area contributed by atoms with Gasteiger partial charge in [0.15, 0.2) is 0 Å². The van der Waals surface area contributed by atoms with Gasteiger partial charge < -0.3 is 10.1 Å². The van der Waals surface area contributed by atoms with Gasteiger partial charge >= 0.3 is 0 Å². The molecule has 2 nitrogen and oxygen atoms in total. The molecule has 0 aliphatic carbocycles. The zero-order valence-corrected chi connectivity index (χ0v) is 12.4. The summed E-state index contributed by atoms with van der Waals surface area (Å²) in [7, 11) is 1.94. The highest BCUT2D eigenvalue weighted by Crippen LogP contribution is 2.28. The van der Waals surface area contributed by atoms with Crippen molar-refractivity contribution in [1.29, 1.82) is 0 Å². The van der Waals surface area contributed by atoms with Gasteiger partial charge in [-0.2, -0.15) is 0 Å². The fourth-order valence-electron chi connectivity index (χ4n) is 1.65. The Balaban J connectivity index is 2.83. The Kier molecular flexibility index (Phi) is 5.72. The van der Waals surface area contributed by atoms with Crippen LogP contribution in [0.5, 0.6) is 5.75 Å². The van der Waals surface area contributed by atoms with Crippen molar-refractivity contribution in [2.45, 2.75) is 26.8 Å². The van der Waals surface area contributed by atoms with Gasteiger partial charge in [-0.15, -0.1) is 6.58 Å². The van der Waals surface area contributed by atoms with Crippen LogP contribution < -0.4 is 10.1 Å². The Labute approximate surface area is 112 Å². The van der Waals surface area contributed by atoms with Crippen LogP contribution in [0.2, 0.25) is 0 Å². The Bertz CT molecular complexity index is 401. The summed E-state index contributed by atoms with van der Waals surface area (Å²) in [5.74, 6) is 0.990. The molecule has 1 aromatic rings. The van der Waals surface area contributed by atoms with Gasteiger partial charge in [-0.05, 0) is 38.6 Å². The first-order valence-electron chi connectivity index (χ1n) is 5.75. The Morgan fingerprint density at radius 3 is 2.76 bits per heavy atom. The largest absolute Gasteiger partial charge is 0.493 e. The summed E-state index contributed by atoms with van der Waals surface area (Å²) in [6.07, 6.45) is 0.897. The lowest BCUT2D eigenvalue weighted by molar-refractivity contribution is 0.315. The van der Waals surface area contributed by atoms with Crippen LogP contribution in [0.15, 0.2) is 28.8 Å². The van der Waals surface area contributed by atoms with Crippen molar-refractivity contribution in [2.75, 3.05) is 13.7 Å². The molecule has 0 bridgehead atoms. The number of hydrogen-bond acceptors (Lipinski definition) is 2. The predicted molar refractivity (Wildman–Crippen MR) is 76.6 cm³/mol. The third-order valence-electron chi connectivity index (χ3n) is 2.46. The second-order valence-corrected chi connectivity index (χ2v) is 5.21. The third-order valence-corrected chi connectivity index (χ3v) is 2.92. The van der Waals surface area contributed by atoms with Crippen molar-refractivity contribution in [2.24, 2.45) is 0 Å². The molecule has 0 aliphatic heterocycles. The molecule has 0 atom stereocenters. The van der Waals surface area contributed by atoms with Gasteiger partial charge in [-0.25, -0.2) is 0 Å². The minimum Gasteiger partial charge on any atom is -0.493 e. The maximum atomic E-state index is 5.86. The van der Waals surface area contributed by atoms with E-state index >= 15 is 0 Å². The molecular formula is C14H20BrNO. The fraction of sp³-hybridized carbons (Fsp3) is 0.429. The average molecular weight is 298 g/mol.